The molecule has 1 rings (SSSR count). The van der Waals surface area contributed by atoms with Crippen molar-refractivity contribution in [3.8, 4) is 0 Å². The highest BCUT2D eigenvalue weighted by molar-refractivity contribution is 5.83. The molecular weight excluding hydrogens is 354 g/mol. The molecule has 0 aliphatic heterocycles. The number of aliphatic carboxylic acids is 2. The van der Waals surface area contributed by atoms with Crippen LogP contribution in [0.4, 0.5) is 4.79 Å². The Morgan fingerprint density at radius 2 is 1.81 bits per heavy atom. The second kappa shape index (κ2) is 10.3. The van der Waals surface area contributed by atoms with Crippen LogP contribution in [-0.4, -0.2) is 74.3 Å². The van der Waals surface area contributed by atoms with Crippen molar-refractivity contribution in [1.82, 2.24) is 26.1 Å². The predicted molar refractivity (Wildman–Crippen MR) is 83.0 cm³/mol. The number of rotatable bonds is 11. The predicted octanol–water partition coefficient (Wildman–Crippen LogP) is -2.03. The first-order valence-electron chi connectivity index (χ1n) is 7.62. The van der Waals surface area contributed by atoms with E-state index in [-0.39, 0.29) is 18.3 Å². The number of carboxylic acid groups (broad SMARTS) is 2. The van der Waals surface area contributed by atoms with Crippen LogP contribution in [0, 0.1) is 0 Å². The summed E-state index contributed by atoms with van der Waals surface area (Å²) in [6.07, 6.45) is -0.614. The maximum atomic E-state index is 11.8. The van der Waals surface area contributed by atoms with E-state index in [0.29, 0.717) is 6.54 Å². The normalized spacial score (nSPS) is 14.3. The molecule has 26 heavy (non-hydrogen) atoms. The van der Waals surface area contributed by atoms with E-state index in [2.05, 4.69) is 20.8 Å². The summed E-state index contributed by atoms with van der Waals surface area (Å²) in [5.41, 5.74) is 0. The molecule has 2 amide bonds. The number of hydrogen-bond acceptors (Lipinski definition) is 9. The van der Waals surface area contributed by atoms with E-state index in [4.69, 9.17) is 19.8 Å². The molecule has 0 aliphatic carbocycles. The van der Waals surface area contributed by atoms with Gasteiger partial charge in [0.05, 0.1) is 25.7 Å². The van der Waals surface area contributed by atoms with Gasteiger partial charge in [-0.15, -0.1) is 0 Å². The molecule has 0 aliphatic rings. The van der Waals surface area contributed by atoms with Crippen molar-refractivity contribution >= 4 is 18.0 Å². The zero-order valence-electron chi connectivity index (χ0n) is 13.9. The van der Waals surface area contributed by atoms with Crippen LogP contribution in [-0.2, 0) is 9.59 Å². The molecule has 13 nitrogen and oxygen atoms in total. The van der Waals surface area contributed by atoms with Gasteiger partial charge in [-0.1, -0.05) is 12.1 Å². The summed E-state index contributed by atoms with van der Waals surface area (Å²) in [6.45, 7) is 1.12. The Morgan fingerprint density at radius 3 is 2.31 bits per heavy atom. The van der Waals surface area contributed by atoms with E-state index in [1.807, 2.05) is 5.32 Å². The number of likely N-dealkylation sites (N-methyl/N-ethyl adjacent to an activating group) is 1. The zero-order chi connectivity index (χ0) is 19.7. The summed E-state index contributed by atoms with van der Waals surface area (Å²) in [7, 11) is 0. The molecule has 146 valence electrons. The highest BCUT2D eigenvalue weighted by Gasteiger charge is 2.27. The maximum Gasteiger partial charge on any atom is 0.328 e. The summed E-state index contributed by atoms with van der Waals surface area (Å²) < 4.78 is 4.95. The quantitative estimate of drug-likeness (QED) is 0.224. The van der Waals surface area contributed by atoms with Gasteiger partial charge < -0.3 is 40.9 Å². The third-order valence-electron chi connectivity index (χ3n) is 3.17. The van der Waals surface area contributed by atoms with Crippen LogP contribution >= 0.6 is 0 Å². The summed E-state index contributed by atoms with van der Waals surface area (Å²) in [5.74, 6) is -2.91. The van der Waals surface area contributed by atoms with E-state index in [1.165, 1.54) is 0 Å². The lowest BCUT2D eigenvalue weighted by molar-refractivity contribution is -0.140. The molecule has 0 saturated heterocycles. The number of aromatic nitrogens is 2. The van der Waals surface area contributed by atoms with Crippen LogP contribution in [0.3, 0.4) is 0 Å². The molecule has 3 atom stereocenters. The molecule has 3 unspecified atom stereocenters. The highest BCUT2D eigenvalue weighted by atomic mass is 16.5. The van der Waals surface area contributed by atoms with Gasteiger partial charge >= 0.3 is 18.0 Å². The van der Waals surface area contributed by atoms with Gasteiger partial charge in [-0.3, -0.25) is 4.79 Å². The number of urea groups is 1. The number of amides is 2. The molecule has 13 heteroatoms. The highest BCUT2D eigenvalue weighted by Crippen LogP contribution is 2.17. The van der Waals surface area contributed by atoms with E-state index in [0.717, 1.165) is 0 Å². The van der Waals surface area contributed by atoms with Crippen molar-refractivity contribution in [1.29, 1.82) is 0 Å². The Morgan fingerprint density at radius 1 is 1.12 bits per heavy atom. The monoisotopic (exact) mass is 375 g/mol. The number of carboxylic acids is 2. The molecule has 0 aromatic carbocycles. The summed E-state index contributed by atoms with van der Waals surface area (Å²) in [4.78, 5) is 37.6. The van der Waals surface area contributed by atoms with E-state index in [1.54, 1.807) is 6.92 Å². The lowest BCUT2D eigenvalue weighted by Crippen LogP contribution is -2.49. The molecule has 1 heterocycles. The topological polar surface area (TPSA) is 207 Å². The minimum absolute atomic E-state index is 0.0701. The first-order valence-corrected chi connectivity index (χ1v) is 7.62. The Hall–Kier alpha value is -2.77. The van der Waals surface area contributed by atoms with E-state index < -0.39 is 49.1 Å². The fraction of sp³-hybridized carbons (Fsp3) is 0.615. The van der Waals surface area contributed by atoms with Crippen LogP contribution < -0.4 is 16.0 Å². The molecule has 0 radical (unpaired) electrons. The number of nitrogens with zero attached hydrogens (tertiary/aromatic N) is 2. The number of nitrogens with one attached hydrogen (secondary N) is 3. The first kappa shape index (κ1) is 21.3. The molecular formula is C13H21N5O8. The van der Waals surface area contributed by atoms with Crippen LogP contribution in [0.5, 0.6) is 0 Å². The van der Waals surface area contributed by atoms with Crippen molar-refractivity contribution in [2.45, 2.75) is 31.5 Å². The minimum atomic E-state index is -1.56. The van der Waals surface area contributed by atoms with Gasteiger partial charge in [0, 0.05) is 0 Å². The number of carbonyl (C=O) groups excluding carboxylic acids is 1. The largest absolute Gasteiger partial charge is 0.481 e. The first-order chi connectivity index (χ1) is 12.3. The van der Waals surface area contributed by atoms with Crippen molar-refractivity contribution in [2.75, 3.05) is 19.8 Å². The molecule has 0 spiro atoms. The fourth-order valence-electron chi connectivity index (χ4n) is 1.93. The average Bonchev–Trinajstić information content (AvgIpc) is 3.06. The smallest absolute Gasteiger partial charge is 0.328 e. The number of aliphatic hydroxyl groups is 2. The molecule has 0 bridgehead atoms. The molecule has 0 fully saturated rings. The summed E-state index contributed by atoms with van der Waals surface area (Å²) in [6, 6.07) is -4.49. The lowest BCUT2D eigenvalue weighted by atomic mass is 10.2. The van der Waals surface area contributed by atoms with Crippen LogP contribution in [0.25, 0.3) is 0 Å². The van der Waals surface area contributed by atoms with Gasteiger partial charge in [0.25, 0.3) is 0 Å². The molecule has 7 N–H and O–H groups in total. The standard InChI is InChI=1S/C13H21N5O8/c1-2-14-7(4-19)10-17-11(26-18-10)6(3-9(21)22)15-13(25)16-8(5-20)12(23)24/h6-8,14,19-20H,2-5H2,1H3,(H,21,22)(H,23,24)(H2,15,16,25). The SMILES string of the molecule is CCNC(CO)c1noc(C(CC(=O)O)NC(=O)NC(CO)C(=O)O)n1. The Balaban J connectivity index is 2.90. The van der Waals surface area contributed by atoms with Gasteiger partial charge in [0.1, 0.15) is 6.04 Å². The zero-order valence-corrected chi connectivity index (χ0v) is 13.9. The summed E-state index contributed by atoms with van der Waals surface area (Å²) >= 11 is 0. The Kier molecular flexibility index (Phi) is 8.41. The van der Waals surface area contributed by atoms with Crippen LogP contribution in [0.2, 0.25) is 0 Å². The number of hydrogen-bond donors (Lipinski definition) is 7. The third kappa shape index (κ3) is 6.27. The molecule has 1 aromatic rings. The lowest BCUT2D eigenvalue weighted by Gasteiger charge is -2.16. The van der Waals surface area contributed by atoms with Crippen molar-refractivity contribution in [3.63, 3.8) is 0 Å². The van der Waals surface area contributed by atoms with Gasteiger partial charge in [0.2, 0.25) is 5.89 Å². The van der Waals surface area contributed by atoms with Crippen LogP contribution in [0.1, 0.15) is 37.1 Å². The van der Waals surface area contributed by atoms with Crippen molar-refractivity contribution in [2.24, 2.45) is 0 Å². The van der Waals surface area contributed by atoms with Gasteiger partial charge in [-0.05, 0) is 6.54 Å². The second-order valence-corrected chi connectivity index (χ2v) is 5.13. The van der Waals surface area contributed by atoms with E-state index >= 15 is 0 Å². The summed E-state index contributed by atoms with van der Waals surface area (Å²) in [5, 5.41) is 46.6. The van der Waals surface area contributed by atoms with Crippen molar-refractivity contribution < 1.29 is 39.3 Å². The molecule has 0 saturated carbocycles. The third-order valence-corrected chi connectivity index (χ3v) is 3.17. The Labute approximate surface area is 147 Å². The number of aliphatic hydroxyl groups excluding tert-OH is 2. The number of carbonyl (C=O) groups is 3. The van der Waals surface area contributed by atoms with Crippen molar-refractivity contribution in [3.05, 3.63) is 11.7 Å². The molecule has 1 aromatic heterocycles. The Bertz CT molecular complexity index is 621. The minimum Gasteiger partial charge on any atom is -0.481 e. The van der Waals surface area contributed by atoms with Gasteiger partial charge in [0.15, 0.2) is 11.9 Å². The van der Waals surface area contributed by atoms with Crippen LogP contribution in [0.15, 0.2) is 4.52 Å². The fourth-order valence-corrected chi connectivity index (χ4v) is 1.93. The second-order valence-electron chi connectivity index (χ2n) is 5.13. The average molecular weight is 375 g/mol. The maximum absolute atomic E-state index is 11.8. The van der Waals surface area contributed by atoms with E-state index in [9.17, 15) is 19.5 Å². The van der Waals surface area contributed by atoms with Gasteiger partial charge in [-0.2, -0.15) is 4.98 Å². The van der Waals surface area contributed by atoms with Gasteiger partial charge in [-0.25, -0.2) is 9.59 Å².